The normalized spacial score (nSPS) is 9.95. The summed E-state index contributed by atoms with van der Waals surface area (Å²) in [4.78, 5) is 23.1. The Morgan fingerprint density at radius 3 is 2.42 bits per heavy atom. The van der Waals surface area contributed by atoms with Gasteiger partial charge in [-0.25, -0.2) is 0 Å². The number of para-hydroxylation sites is 1. The molecule has 0 radical (unpaired) electrons. The molecule has 0 unspecified atom stereocenters. The molecule has 0 atom stereocenters. The number of nitrogens with one attached hydrogen (secondary N) is 1. The molecule has 3 heteroatoms. The van der Waals surface area contributed by atoms with Crippen LogP contribution in [0.3, 0.4) is 0 Å². The Balaban J connectivity index is 2.03. The topological polar surface area (TPSA) is 46.2 Å². The highest BCUT2D eigenvalue weighted by Crippen LogP contribution is 2.09. The summed E-state index contributed by atoms with van der Waals surface area (Å²) in [7, 11) is 0. The first kappa shape index (κ1) is 13.0. The summed E-state index contributed by atoms with van der Waals surface area (Å²) in [5.41, 5.74) is 2.24. The second kappa shape index (κ2) is 5.96. The van der Waals surface area contributed by atoms with E-state index in [1.54, 1.807) is 18.2 Å². The van der Waals surface area contributed by atoms with Crippen LogP contribution in [0, 0.1) is 0 Å². The molecule has 19 heavy (non-hydrogen) atoms. The van der Waals surface area contributed by atoms with Crippen LogP contribution in [0.25, 0.3) is 0 Å². The van der Waals surface area contributed by atoms with Gasteiger partial charge < -0.3 is 5.32 Å². The number of ketones is 1. The van der Waals surface area contributed by atoms with Crippen LogP contribution in [-0.2, 0) is 11.2 Å². The first-order valence-electron chi connectivity index (χ1n) is 6.10. The van der Waals surface area contributed by atoms with Gasteiger partial charge in [-0.1, -0.05) is 36.4 Å². The fraction of sp³-hybridized carbons (Fsp3) is 0.125. The van der Waals surface area contributed by atoms with Crippen LogP contribution in [0.2, 0.25) is 0 Å². The maximum absolute atomic E-state index is 11.9. The Bertz CT molecular complexity index is 591. The van der Waals surface area contributed by atoms with Gasteiger partial charge in [0.25, 0.3) is 0 Å². The van der Waals surface area contributed by atoms with Gasteiger partial charge in [0.15, 0.2) is 5.78 Å². The fourth-order valence-electron chi connectivity index (χ4n) is 1.81. The van der Waals surface area contributed by atoms with Crippen LogP contribution in [0.4, 0.5) is 5.69 Å². The molecule has 0 saturated carbocycles. The van der Waals surface area contributed by atoms with Crippen LogP contribution in [-0.4, -0.2) is 11.7 Å². The summed E-state index contributed by atoms with van der Waals surface area (Å²) in [6.07, 6.45) is 0.260. The number of Topliss-reactive ketones (excluding diaryl/α,β-unsaturated/α-hetero) is 1. The predicted octanol–water partition coefficient (Wildman–Crippen LogP) is 3.07. The summed E-state index contributed by atoms with van der Waals surface area (Å²) >= 11 is 0. The molecule has 0 aromatic heterocycles. The molecule has 0 bridgehead atoms. The van der Waals surface area contributed by atoms with Gasteiger partial charge in [0, 0.05) is 11.3 Å². The van der Waals surface area contributed by atoms with E-state index in [9.17, 15) is 9.59 Å². The number of anilines is 1. The monoisotopic (exact) mass is 253 g/mol. The highest BCUT2D eigenvalue weighted by atomic mass is 16.1. The molecule has 0 heterocycles. The van der Waals surface area contributed by atoms with Gasteiger partial charge >= 0.3 is 0 Å². The summed E-state index contributed by atoms with van der Waals surface area (Å²) in [6, 6.07) is 16.4. The molecule has 2 aromatic carbocycles. The van der Waals surface area contributed by atoms with Crippen molar-refractivity contribution in [3.05, 3.63) is 65.7 Å². The summed E-state index contributed by atoms with van der Waals surface area (Å²) in [5.74, 6) is -0.0859. The number of hydrogen-bond acceptors (Lipinski definition) is 2. The highest BCUT2D eigenvalue weighted by molar-refractivity contribution is 5.95. The lowest BCUT2D eigenvalue weighted by Crippen LogP contribution is -2.14. The van der Waals surface area contributed by atoms with Crippen molar-refractivity contribution in [1.82, 2.24) is 0 Å². The molecule has 0 aliphatic heterocycles. The maximum atomic E-state index is 11.9. The van der Waals surface area contributed by atoms with Gasteiger partial charge in [-0.3, -0.25) is 9.59 Å². The van der Waals surface area contributed by atoms with Crippen molar-refractivity contribution in [1.29, 1.82) is 0 Å². The number of carbonyl (C=O) groups is 2. The smallest absolute Gasteiger partial charge is 0.228 e. The number of carbonyl (C=O) groups excluding carboxylic acids is 2. The molecule has 0 aliphatic rings. The zero-order valence-electron chi connectivity index (χ0n) is 10.7. The molecule has 0 fully saturated rings. The minimum atomic E-state index is -0.0908. The fourth-order valence-corrected chi connectivity index (χ4v) is 1.81. The number of hydrogen-bond donors (Lipinski definition) is 1. The van der Waals surface area contributed by atoms with E-state index >= 15 is 0 Å². The van der Waals surface area contributed by atoms with Crippen molar-refractivity contribution < 1.29 is 9.59 Å². The van der Waals surface area contributed by atoms with Gasteiger partial charge in [0.05, 0.1) is 6.42 Å². The molecule has 96 valence electrons. The van der Waals surface area contributed by atoms with Crippen LogP contribution in [0.1, 0.15) is 22.8 Å². The van der Waals surface area contributed by atoms with Crippen LogP contribution in [0.5, 0.6) is 0 Å². The Kier molecular flexibility index (Phi) is 4.08. The Morgan fingerprint density at radius 1 is 1.00 bits per heavy atom. The standard InChI is InChI=1S/C16H15NO2/c1-12(18)14-7-5-6-13(10-14)11-16(19)17-15-8-3-2-4-9-15/h2-10H,11H2,1H3,(H,17,19). The molecule has 2 rings (SSSR count). The SMILES string of the molecule is CC(=O)c1cccc(CC(=O)Nc2ccccc2)c1. The average Bonchev–Trinajstić information content (AvgIpc) is 2.40. The zero-order chi connectivity index (χ0) is 13.7. The minimum absolute atomic E-state index is 0.00492. The van der Waals surface area contributed by atoms with Gasteiger partial charge in [-0.2, -0.15) is 0 Å². The zero-order valence-corrected chi connectivity index (χ0v) is 10.7. The van der Waals surface area contributed by atoms with Crippen LogP contribution >= 0.6 is 0 Å². The van der Waals surface area contributed by atoms with E-state index in [2.05, 4.69) is 5.32 Å². The van der Waals surface area contributed by atoms with Crippen molar-refractivity contribution in [2.75, 3.05) is 5.32 Å². The minimum Gasteiger partial charge on any atom is -0.326 e. The van der Waals surface area contributed by atoms with Crippen molar-refractivity contribution >= 4 is 17.4 Å². The quantitative estimate of drug-likeness (QED) is 0.851. The predicted molar refractivity (Wildman–Crippen MR) is 75.2 cm³/mol. The molecule has 3 nitrogen and oxygen atoms in total. The molecular weight excluding hydrogens is 238 g/mol. The van der Waals surface area contributed by atoms with E-state index in [0.29, 0.717) is 5.56 Å². The maximum Gasteiger partial charge on any atom is 0.228 e. The number of rotatable bonds is 4. The number of amides is 1. The molecule has 0 spiro atoms. The second-order valence-electron chi connectivity index (χ2n) is 4.35. The van der Waals surface area contributed by atoms with Gasteiger partial charge in [-0.05, 0) is 30.7 Å². The molecule has 1 N–H and O–H groups in total. The third-order valence-corrected chi connectivity index (χ3v) is 2.76. The lowest BCUT2D eigenvalue weighted by Gasteiger charge is -2.06. The van der Waals surface area contributed by atoms with E-state index < -0.39 is 0 Å². The van der Waals surface area contributed by atoms with Crippen molar-refractivity contribution in [3.63, 3.8) is 0 Å². The Morgan fingerprint density at radius 2 is 1.74 bits per heavy atom. The third-order valence-electron chi connectivity index (χ3n) is 2.76. The van der Waals surface area contributed by atoms with Gasteiger partial charge in [-0.15, -0.1) is 0 Å². The Hall–Kier alpha value is -2.42. The van der Waals surface area contributed by atoms with Gasteiger partial charge in [0.1, 0.15) is 0 Å². The van der Waals surface area contributed by atoms with Crippen molar-refractivity contribution in [2.24, 2.45) is 0 Å². The van der Waals surface area contributed by atoms with Crippen LogP contribution in [0.15, 0.2) is 54.6 Å². The van der Waals surface area contributed by atoms with E-state index in [0.717, 1.165) is 11.3 Å². The lowest BCUT2D eigenvalue weighted by molar-refractivity contribution is -0.115. The van der Waals surface area contributed by atoms with E-state index in [1.807, 2.05) is 36.4 Å². The summed E-state index contributed by atoms with van der Waals surface area (Å²) < 4.78 is 0. The Labute approximate surface area is 112 Å². The molecule has 0 aliphatic carbocycles. The van der Waals surface area contributed by atoms with Gasteiger partial charge in [0.2, 0.25) is 5.91 Å². The number of benzene rings is 2. The largest absolute Gasteiger partial charge is 0.326 e. The average molecular weight is 253 g/mol. The third kappa shape index (κ3) is 3.78. The molecular formula is C16H15NO2. The van der Waals surface area contributed by atoms with Crippen LogP contribution < -0.4 is 5.32 Å². The van der Waals surface area contributed by atoms with Crippen molar-refractivity contribution in [2.45, 2.75) is 13.3 Å². The van der Waals surface area contributed by atoms with E-state index in [1.165, 1.54) is 6.92 Å². The lowest BCUT2D eigenvalue weighted by atomic mass is 10.1. The van der Waals surface area contributed by atoms with E-state index in [4.69, 9.17) is 0 Å². The molecule has 1 amide bonds. The summed E-state index contributed by atoms with van der Waals surface area (Å²) in [5, 5.41) is 2.82. The first-order valence-corrected chi connectivity index (χ1v) is 6.10. The van der Waals surface area contributed by atoms with Crippen molar-refractivity contribution in [3.8, 4) is 0 Å². The van der Waals surface area contributed by atoms with E-state index in [-0.39, 0.29) is 18.1 Å². The highest BCUT2D eigenvalue weighted by Gasteiger charge is 2.06. The summed E-state index contributed by atoms with van der Waals surface area (Å²) in [6.45, 7) is 1.52. The molecule has 0 saturated heterocycles. The second-order valence-corrected chi connectivity index (χ2v) is 4.35. The first-order chi connectivity index (χ1) is 9.15. The molecule has 2 aromatic rings.